The highest BCUT2D eigenvalue weighted by Crippen LogP contribution is 2.21. The first-order valence-corrected chi connectivity index (χ1v) is 7.08. The Balaban J connectivity index is 3.52. The molecule has 0 bridgehead atoms. The van der Waals surface area contributed by atoms with Crippen molar-refractivity contribution < 1.29 is 14.3 Å². The summed E-state index contributed by atoms with van der Waals surface area (Å²) in [5.74, 6) is -0.00750. The summed E-state index contributed by atoms with van der Waals surface area (Å²) in [6.07, 6.45) is 2.00. The van der Waals surface area contributed by atoms with E-state index in [1.165, 1.54) is 13.3 Å². The van der Waals surface area contributed by atoms with E-state index >= 15 is 0 Å². The molecule has 0 saturated carbocycles. The van der Waals surface area contributed by atoms with Crippen molar-refractivity contribution in [3.8, 4) is 11.8 Å². The molecule has 0 aromatic carbocycles. The first-order chi connectivity index (χ1) is 11.4. The summed E-state index contributed by atoms with van der Waals surface area (Å²) >= 11 is 0. The molecule has 0 aliphatic carbocycles. The molecule has 0 aliphatic rings. The van der Waals surface area contributed by atoms with Gasteiger partial charge < -0.3 is 19.9 Å². The van der Waals surface area contributed by atoms with E-state index in [0.29, 0.717) is 23.5 Å². The molecule has 1 aromatic heterocycles. The van der Waals surface area contributed by atoms with Crippen LogP contribution in [0.15, 0.2) is 36.0 Å². The molecule has 0 radical (unpaired) electrons. The monoisotopic (exact) mass is 328 g/mol. The van der Waals surface area contributed by atoms with Crippen molar-refractivity contribution >= 4 is 17.9 Å². The van der Waals surface area contributed by atoms with Crippen molar-refractivity contribution in [2.45, 2.75) is 6.92 Å². The zero-order chi connectivity index (χ0) is 18.1. The van der Waals surface area contributed by atoms with Crippen LogP contribution in [0.5, 0.6) is 5.75 Å². The summed E-state index contributed by atoms with van der Waals surface area (Å²) in [5.41, 5.74) is 1.28. The van der Waals surface area contributed by atoms with Crippen molar-refractivity contribution in [2.75, 3.05) is 26.5 Å². The molecule has 7 nitrogen and oxygen atoms in total. The van der Waals surface area contributed by atoms with E-state index in [4.69, 9.17) is 4.74 Å². The van der Waals surface area contributed by atoms with Crippen LogP contribution >= 0.6 is 0 Å². The molecule has 1 heterocycles. The third-order valence-electron chi connectivity index (χ3n) is 2.90. The molecule has 0 unspecified atom stereocenters. The number of nitrogens with zero attached hydrogens (tertiary/aromatic N) is 2. The maximum absolute atomic E-state index is 12.5. The number of H-pyrrole nitrogens is 1. The lowest BCUT2D eigenvalue weighted by molar-refractivity contribution is -0.105. The number of nitrogens with one attached hydrogen (secondary N) is 2. The number of amides is 1. The fourth-order valence-electron chi connectivity index (χ4n) is 1.93. The number of hydrogen-bond acceptors (Lipinski definition) is 5. The third-order valence-corrected chi connectivity index (χ3v) is 2.90. The minimum atomic E-state index is -0.436. The number of Topliss-reactive ketones (excluding diaryl/α,β-unsaturated/α-hetero) is 1. The Morgan fingerprint density at radius 2 is 2.12 bits per heavy atom. The predicted octanol–water partition coefficient (Wildman–Crippen LogP) is 2.18. The van der Waals surface area contributed by atoms with Gasteiger partial charge >= 0.3 is 0 Å². The molecule has 1 amide bonds. The molecule has 24 heavy (non-hydrogen) atoms. The molecule has 126 valence electrons. The molecule has 0 aliphatic heterocycles. The zero-order valence-electron chi connectivity index (χ0n) is 14.1. The van der Waals surface area contributed by atoms with Gasteiger partial charge in [0.2, 0.25) is 12.2 Å². The number of aromatic amines is 1. The van der Waals surface area contributed by atoms with Crippen LogP contribution in [-0.2, 0) is 4.79 Å². The normalized spacial score (nSPS) is 10.2. The van der Waals surface area contributed by atoms with E-state index in [2.05, 4.69) is 10.3 Å². The van der Waals surface area contributed by atoms with E-state index in [-0.39, 0.29) is 11.3 Å². The lowest BCUT2D eigenvalue weighted by Crippen LogP contribution is -2.10. The fraction of sp³-hybridized carbons (Fsp3) is 0.235. The number of anilines is 1. The Bertz CT molecular complexity index is 741. The Morgan fingerprint density at radius 3 is 2.67 bits per heavy atom. The maximum atomic E-state index is 12.5. The third kappa shape index (κ3) is 5.18. The second kappa shape index (κ2) is 9.00. The molecule has 1 aromatic rings. The number of carbonyl (C=O) groups excluding carboxylic acids is 2. The van der Waals surface area contributed by atoms with Crippen molar-refractivity contribution in [2.24, 2.45) is 0 Å². The molecule has 1 rings (SSSR count). The number of methoxy groups -OCH3 is 1. The van der Waals surface area contributed by atoms with Crippen LogP contribution in [0.25, 0.3) is 0 Å². The van der Waals surface area contributed by atoms with Crippen LogP contribution in [0.2, 0.25) is 0 Å². The molecular weight excluding hydrogens is 308 g/mol. The van der Waals surface area contributed by atoms with Gasteiger partial charge in [0.05, 0.1) is 18.5 Å². The average Bonchev–Trinajstić information content (AvgIpc) is 2.61. The number of nitriles is 1. The topological polar surface area (TPSA) is 98.2 Å². The molecular formula is C17H20N4O3. The molecule has 0 spiro atoms. The van der Waals surface area contributed by atoms with Gasteiger partial charge in [-0.1, -0.05) is 6.07 Å². The Hall–Kier alpha value is -3.27. The molecule has 0 atom stereocenters. The minimum Gasteiger partial charge on any atom is -0.495 e. The lowest BCUT2D eigenvalue weighted by atomic mass is 10.1. The van der Waals surface area contributed by atoms with Crippen molar-refractivity contribution in [1.29, 1.82) is 5.26 Å². The van der Waals surface area contributed by atoms with Gasteiger partial charge in [-0.2, -0.15) is 5.26 Å². The van der Waals surface area contributed by atoms with Crippen LogP contribution in [0, 0.1) is 18.3 Å². The predicted molar refractivity (Wildman–Crippen MR) is 91.1 cm³/mol. The second-order valence-corrected chi connectivity index (χ2v) is 5.08. The van der Waals surface area contributed by atoms with Gasteiger partial charge in [0.1, 0.15) is 17.4 Å². The van der Waals surface area contributed by atoms with Crippen LogP contribution in [0.1, 0.15) is 16.2 Å². The molecule has 0 saturated heterocycles. The van der Waals surface area contributed by atoms with Crippen LogP contribution in [0.3, 0.4) is 0 Å². The minimum absolute atomic E-state index is 0.00496. The summed E-state index contributed by atoms with van der Waals surface area (Å²) in [6, 6.07) is 8.28. The van der Waals surface area contributed by atoms with E-state index < -0.39 is 5.78 Å². The number of aromatic nitrogens is 1. The highest BCUT2D eigenvalue weighted by Gasteiger charge is 2.12. The number of carbonyl (C=O) groups is 2. The van der Waals surface area contributed by atoms with Gasteiger partial charge in [-0.05, 0) is 25.1 Å². The van der Waals surface area contributed by atoms with Crippen LogP contribution in [0.4, 0.5) is 5.69 Å². The number of ketones is 1. The average molecular weight is 328 g/mol. The summed E-state index contributed by atoms with van der Waals surface area (Å²) in [6.45, 7) is 1.73. The van der Waals surface area contributed by atoms with Gasteiger partial charge in [-0.25, -0.2) is 0 Å². The number of aryl methyl sites for hydroxylation is 1. The number of ether oxygens (including phenoxy) is 1. The summed E-state index contributed by atoms with van der Waals surface area (Å²) in [5, 5.41) is 11.7. The SMILES string of the molecule is COc1cccc(C(=O)/C(C#N)=C/N(C)C)[nH]c(C)cc1NC=O. The van der Waals surface area contributed by atoms with E-state index in [9.17, 15) is 14.9 Å². The molecule has 0 fully saturated rings. The smallest absolute Gasteiger partial charge is 0.221 e. The first-order valence-electron chi connectivity index (χ1n) is 7.08. The number of allylic oxidation sites excluding steroid dienone is 1. The lowest BCUT2D eigenvalue weighted by Gasteiger charge is -2.06. The van der Waals surface area contributed by atoms with Gasteiger partial charge in [-0.15, -0.1) is 0 Å². The Morgan fingerprint density at radius 1 is 1.42 bits per heavy atom. The van der Waals surface area contributed by atoms with Crippen molar-refractivity contribution in [1.82, 2.24) is 9.88 Å². The van der Waals surface area contributed by atoms with Crippen molar-refractivity contribution in [3.05, 3.63) is 47.4 Å². The summed E-state index contributed by atoms with van der Waals surface area (Å²) in [4.78, 5) is 27.8. The second-order valence-electron chi connectivity index (χ2n) is 5.08. The maximum Gasteiger partial charge on any atom is 0.221 e. The molecule has 7 heteroatoms. The zero-order valence-corrected chi connectivity index (χ0v) is 14.1. The Kier molecular flexibility index (Phi) is 7.04. The van der Waals surface area contributed by atoms with Crippen LogP contribution in [-0.4, -0.2) is 43.3 Å². The van der Waals surface area contributed by atoms with Gasteiger partial charge in [0, 0.05) is 26.0 Å². The van der Waals surface area contributed by atoms with E-state index in [1.54, 1.807) is 50.2 Å². The quantitative estimate of drug-likeness (QED) is 0.361. The highest BCUT2D eigenvalue weighted by atomic mass is 16.5. The highest BCUT2D eigenvalue weighted by molar-refractivity contribution is 6.09. The van der Waals surface area contributed by atoms with Gasteiger partial charge in [-0.3, -0.25) is 9.59 Å². The van der Waals surface area contributed by atoms with E-state index in [0.717, 1.165) is 0 Å². The van der Waals surface area contributed by atoms with Crippen molar-refractivity contribution in [3.63, 3.8) is 0 Å². The van der Waals surface area contributed by atoms with Gasteiger partial charge in [0.25, 0.3) is 0 Å². The summed E-state index contributed by atoms with van der Waals surface area (Å²) < 4.78 is 5.23. The van der Waals surface area contributed by atoms with E-state index in [1.807, 2.05) is 6.07 Å². The Labute approximate surface area is 140 Å². The summed E-state index contributed by atoms with van der Waals surface area (Å²) in [7, 11) is 4.93. The molecule has 2 N–H and O–H groups in total. The largest absolute Gasteiger partial charge is 0.495 e. The fourth-order valence-corrected chi connectivity index (χ4v) is 1.93. The number of hydrogen-bond donors (Lipinski definition) is 2. The first kappa shape index (κ1) is 18.8. The van der Waals surface area contributed by atoms with Gasteiger partial charge in [0.15, 0.2) is 0 Å². The van der Waals surface area contributed by atoms with Crippen LogP contribution < -0.4 is 10.1 Å². The number of rotatable bonds is 6. The standard InChI is InChI=1S/C17H20N4O3/c1-12-8-15(19-11-22)16(24-4)7-5-6-14(20-12)17(23)13(9-18)10-21(2)3/h5-8,10-11,20H,1-4H3,(H,19,22)/b7-5?,12-8?,13-10+,14-6?,16-15?.